The molecule has 1 atom stereocenters. The van der Waals surface area contributed by atoms with Crippen LogP contribution in [0.15, 0.2) is 53.1 Å². The summed E-state index contributed by atoms with van der Waals surface area (Å²) in [6, 6.07) is 7.17. The van der Waals surface area contributed by atoms with Crippen LogP contribution in [0.5, 0.6) is 0 Å². The van der Waals surface area contributed by atoms with Crippen LogP contribution in [0.4, 0.5) is 5.69 Å². The van der Waals surface area contributed by atoms with Gasteiger partial charge in [0.25, 0.3) is 0 Å². The first kappa shape index (κ1) is 9.24. The van der Waals surface area contributed by atoms with Crippen molar-refractivity contribution >= 4 is 17.2 Å². The molecule has 2 N–H and O–H groups in total. The molecule has 3 rings (SSSR count). The Morgan fingerprint density at radius 2 is 2.06 bits per heavy atom. The molecule has 0 bridgehead atoms. The maximum atomic E-state index is 12.2. The lowest BCUT2D eigenvalue weighted by atomic mass is 9.90. The van der Waals surface area contributed by atoms with Gasteiger partial charge in [0.1, 0.15) is 0 Å². The number of benzene rings is 1. The van der Waals surface area contributed by atoms with Gasteiger partial charge in [-0.2, -0.15) is 0 Å². The van der Waals surface area contributed by atoms with Crippen molar-refractivity contribution in [2.45, 2.75) is 6.04 Å². The molecule has 3 heteroatoms. The van der Waals surface area contributed by atoms with Gasteiger partial charge in [0.2, 0.25) is 0 Å². The number of aliphatic imine (C=N–C) groups is 1. The summed E-state index contributed by atoms with van der Waals surface area (Å²) < 4.78 is 0. The molecule has 1 aliphatic heterocycles. The van der Waals surface area contributed by atoms with Gasteiger partial charge < -0.3 is 5.73 Å². The SMILES string of the molecule is NC1C=CC2=Nc3ccccc3C(=O)C2=C1. The van der Waals surface area contributed by atoms with Gasteiger partial charge in [-0.25, -0.2) is 4.99 Å². The van der Waals surface area contributed by atoms with Crippen molar-refractivity contribution in [2.75, 3.05) is 0 Å². The summed E-state index contributed by atoms with van der Waals surface area (Å²) in [4.78, 5) is 16.6. The number of hydrogen-bond acceptors (Lipinski definition) is 3. The predicted molar refractivity (Wildman–Crippen MR) is 63.1 cm³/mol. The minimum Gasteiger partial charge on any atom is -0.321 e. The van der Waals surface area contributed by atoms with E-state index >= 15 is 0 Å². The summed E-state index contributed by atoms with van der Waals surface area (Å²) in [6.45, 7) is 0. The minimum atomic E-state index is -0.192. The fraction of sp³-hybridized carbons (Fsp3) is 0.0769. The van der Waals surface area contributed by atoms with Crippen molar-refractivity contribution in [2.24, 2.45) is 10.7 Å². The van der Waals surface area contributed by atoms with Crippen LogP contribution in [0.3, 0.4) is 0 Å². The molecule has 16 heavy (non-hydrogen) atoms. The van der Waals surface area contributed by atoms with Crippen LogP contribution < -0.4 is 5.73 Å². The Morgan fingerprint density at radius 1 is 1.25 bits per heavy atom. The number of carbonyl (C=O) groups is 1. The molecule has 1 heterocycles. The van der Waals surface area contributed by atoms with Crippen molar-refractivity contribution < 1.29 is 4.79 Å². The number of nitrogens with two attached hydrogens (primary N) is 1. The highest BCUT2D eigenvalue weighted by Gasteiger charge is 2.25. The number of para-hydroxylation sites is 1. The van der Waals surface area contributed by atoms with Crippen LogP contribution in [-0.2, 0) is 0 Å². The smallest absolute Gasteiger partial charge is 0.197 e. The van der Waals surface area contributed by atoms with E-state index in [4.69, 9.17) is 5.73 Å². The number of carbonyl (C=O) groups excluding carboxylic acids is 1. The predicted octanol–water partition coefficient (Wildman–Crippen LogP) is 1.78. The zero-order valence-corrected chi connectivity index (χ0v) is 8.55. The molecule has 0 saturated heterocycles. The van der Waals surface area contributed by atoms with Gasteiger partial charge in [-0.05, 0) is 18.2 Å². The number of rotatable bonds is 0. The van der Waals surface area contributed by atoms with Crippen LogP contribution in [0.2, 0.25) is 0 Å². The Bertz CT molecular complexity index is 567. The monoisotopic (exact) mass is 210 g/mol. The Morgan fingerprint density at radius 3 is 2.94 bits per heavy atom. The van der Waals surface area contributed by atoms with E-state index in [0.717, 1.165) is 5.69 Å². The van der Waals surface area contributed by atoms with Crippen LogP contribution in [0, 0.1) is 0 Å². The first-order valence-electron chi connectivity index (χ1n) is 5.14. The van der Waals surface area contributed by atoms with Gasteiger partial charge in [0.15, 0.2) is 5.78 Å². The van der Waals surface area contributed by atoms with Crippen molar-refractivity contribution in [3.05, 3.63) is 53.6 Å². The Balaban J connectivity index is 2.23. The van der Waals surface area contributed by atoms with Crippen molar-refractivity contribution in [3.8, 4) is 0 Å². The molecule has 78 valence electrons. The number of allylic oxidation sites excluding steroid dienone is 2. The molecule has 1 unspecified atom stereocenters. The molecule has 0 aromatic heterocycles. The zero-order chi connectivity index (χ0) is 11.1. The summed E-state index contributed by atoms with van der Waals surface area (Å²) in [5.41, 5.74) is 8.47. The molecule has 0 amide bonds. The number of nitrogens with zero attached hydrogens (tertiary/aromatic N) is 1. The van der Waals surface area contributed by atoms with Gasteiger partial charge >= 0.3 is 0 Å². The highest BCUT2D eigenvalue weighted by atomic mass is 16.1. The molecular formula is C13H10N2O. The van der Waals surface area contributed by atoms with E-state index in [1.807, 2.05) is 30.4 Å². The average Bonchev–Trinajstić information content (AvgIpc) is 2.31. The normalized spacial score (nSPS) is 22.1. The zero-order valence-electron chi connectivity index (χ0n) is 8.55. The largest absolute Gasteiger partial charge is 0.321 e. The fourth-order valence-corrected chi connectivity index (χ4v) is 1.95. The summed E-state index contributed by atoms with van der Waals surface area (Å²) in [5, 5.41) is 0. The molecule has 3 nitrogen and oxygen atoms in total. The third kappa shape index (κ3) is 1.26. The second kappa shape index (κ2) is 3.25. The van der Waals surface area contributed by atoms with Crippen molar-refractivity contribution in [1.29, 1.82) is 0 Å². The van der Waals surface area contributed by atoms with E-state index < -0.39 is 0 Å². The maximum Gasteiger partial charge on any atom is 0.197 e. The lowest BCUT2D eigenvalue weighted by Gasteiger charge is -2.19. The van der Waals surface area contributed by atoms with E-state index in [9.17, 15) is 4.79 Å². The summed E-state index contributed by atoms with van der Waals surface area (Å²) in [6.07, 6.45) is 5.41. The molecule has 0 spiro atoms. The third-order valence-corrected chi connectivity index (χ3v) is 2.75. The van der Waals surface area contributed by atoms with E-state index in [1.165, 1.54) is 0 Å². The van der Waals surface area contributed by atoms with E-state index in [-0.39, 0.29) is 11.8 Å². The molecule has 1 aromatic carbocycles. The van der Waals surface area contributed by atoms with Crippen LogP contribution in [0.25, 0.3) is 0 Å². The maximum absolute atomic E-state index is 12.2. The summed E-state index contributed by atoms with van der Waals surface area (Å²) in [5.74, 6) is 0.0143. The number of Topliss-reactive ketones (excluding diaryl/α,β-unsaturated/α-hetero) is 1. The molecule has 2 aliphatic rings. The molecule has 0 fully saturated rings. The van der Waals surface area contributed by atoms with Crippen LogP contribution in [-0.4, -0.2) is 17.5 Å². The van der Waals surface area contributed by atoms with Gasteiger partial charge in [0, 0.05) is 17.2 Å². The summed E-state index contributed by atoms with van der Waals surface area (Å²) >= 11 is 0. The number of ketones is 1. The third-order valence-electron chi connectivity index (χ3n) is 2.75. The minimum absolute atomic E-state index is 0.0143. The first-order chi connectivity index (χ1) is 7.75. The lowest BCUT2D eigenvalue weighted by molar-refractivity contribution is 0.103. The first-order valence-corrected chi connectivity index (χ1v) is 5.14. The Hall–Kier alpha value is -2.00. The van der Waals surface area contributed by atoms with Crippen LogP contribution in [0.1, 0.15) is 10.4 Å². The highest BCUT2D eigenvalue weighted by Crippen LogP contribution is 2.29. The van der Waals surface area contributed by atoms with Crippen LogP contribution >= 0.6 is 0 Å². The van der Waals surface area contributed by atoms with Gasteiger partial charge in [0.05, 0.1) is 11.4 Å². The lowest BCUT2D eigenvalue weighted by Crippen LogP contribution is -2.25. The summed E-state index contributed by atoms with van der Waals surface area (Å²) in [7, 11) is 0. The van der Waals surface area contributed by atoms with Gasteiger partial charge in [-0.3, -0.25) is 4.79 Å². The molecular weight excluding hydrogens is 200 g/mol. The second-order valence-electron chi connectivity index (χ2n) is 3.86. The molecule has 0 radical (unpaired) electrons. The standard InChI is InChI=1S/C13H10N2O/c14-8-5-6-12-10(7-8)13(16)9-3-1-2-4-11(9)15-12/h1-8H,14H2. The molecule has 0 saturated carbocycles. The van der Waals surface area contributed by atoms with Crippen molar-refractivity contribution in [3.63, 3.8) is 0 Å². The number of fused-ring (bicyclic) bond motifs is 2. The fourth-order valence-electron chi connectivity index (χ4n) is 1.95. The topological polar surface area (TPSA) is 55.4 Å². The Kier molecular flexibility index (Phi) is 1.88. The average molecular weight is 210 g/mol. The van der Waals surface area contributed by atoms with E-state index in [2.05, 4.69) is 4.99 Å². The molecule has 1 aromatic rings. The highest BCUT2D eigenvalue weighted by molar-refractivity contribution is 6.35. The van der Waals surface area contributed by atoms with E-state index in [0.29, 0.717) is 16.8 Å². The van der Waals surface area contributed by atoms with Gasteiger partial charge in [-0.15, -0.1) is 0 Å². The van der Waals surface area contributed by atoms with E-state index in [1.54, 1.807) is 12.1 Å². The van der Waals surface area contributed by atoms with Crippen molar-refractivity contribution in [1.82, 2.24) is 0 Å². The quantitative estimate of drug-likeness (QED) is 0.709. The molecule has 1 aliphatic carbocycles. The Labute approximate surface area is 93.0 Å². The second-order valence-corrected chi connectivity index (χ2v) is 3.86. The number of hydrogen-bond donors (Lipinski definition) is 1. The van der Waals surface area contributed by atoms with Gasteiger partial charge in [-0.1, -0.05) is 24.3 Å².